The SMILES string of the molecule is C/C=C(\C)C(=O)O[C@H]1[C@@]2(C)C[C@@]34OC5(C)O[C@]6([C@H](CC(=O)OC)[C@](C)([C@@H](OC(C)=O)c7ccoc7)CC[C@]6(O5)[C@@]35COC(=O)C[C@@H]25)[C@H](OC(=O)C(C)C)[C@@]14O. The van der Waals surface area contributed by atoms with Gasteiger partial charge in [-0.3, -0.25) is 19.2 Å². The van der Waals surface area contributed by atoms with Crippen molar-refractivity contribution in [3.63, 3.8) is 0 Å². The maximum atomic E-state index is 14.2. The average Bonchev–Trinajstić information content (AvgIpc) is 3.83. The molecular formula is C40H50O15. The largest absolute Gasteiger partial charge is 0.472 e. The van der Waals surface area contributed by atoms with E-state index in [1.54, 1.807) is 46.8 Å². The quantitative estimate of drug-likeness (QED) is 0.215. The molecule has 7 aliphatic rings. The Morgan fingerprint density at radius 3 is 2.35 bits per heavy atom. The Hall–Kier alpha value is -3.79. The van der Waals surface area contributed by atoms with Crippen molar-refractivity contribution >= 4 is 29.8 Å². The average molecular weight is 771 g/mol. The molecule has 15 nitrogen and oxygen atoms in total. The highest BCUT2D eigenvalue weighted by molar-refractivity contribution is 5.88. The highest BCUT2D eigenvalue weighted by Crippen LogP contribution is 2.90. The summed E-state index contributed by atoms with van der Waals surface area (Å²) in [6, 6.07) is 1.66. The first-order valence-corrected chi connectivity index (χ1v) is 19.0. The third-order valence-corrected chi connectivity index (χ3v) is 14.8. The molecule has 4 bridgehead atoms. The molecule has 1 unspecified atom stereocenters. The van der Waals surface area contributed by atoms with Gasteiger partial charge in [0.1, 0.15) is 35.6 Å². The number of esters is 5. The molecule has 7 fully saturated rings. The number of hydrogen-bond donors (Lipinski definition) is 1. The van der Waals surface area contributed by atoms with Gasteiger partial charge < -0.3 is 47.4 Å². The summed E-state index contributed by atoms with van der Waals surface area (Å²) in [5.74, 6) is -7.69. The van der Waals surface area contributed by atoms with E-state index in [-0.39, 0.29) is 37.9 Å². The van der Waals surface area contributed by atoms with Crippen LogP contribution in [0.5, 0.6) is 0 Å². The van der Waals surface area contributed by atoms with Crippen LogP contribution in [0.15, 0.2) is 34.7 Å². The number of aliphatic hydroxyl groups is 1. The summed E-state index contributed by atoms with van der Waals surface area (Å²) in [6.07, 6.45) is 0.137. The van der Waals surface area contributed by atoms with Gasteiger partial charge in [-0.1, -0.05) is 33.8 Å². The Labute approximate surface area is 318 Å². The van der Waals surface area contributed by atoms with E-state index in [4.69, 9.17) is 42.3 Å². The van der Waals surface area contributed by atoms with Crippen molar-refractivity contribution in [2.45, 2.75) is 134 Å². The second-order valence-corrected chi connectivity index (χ2v) is 17.6. The zero-order valence-electron chi connectivity index (χ0n) is 32.7. The second-order valence-electron chi connectivity index (χ2n) is 17.6. The van der Waals surface area contributed by atoms with E-state index >= 15 is 0 Å². The van der Waals surface area contributed by atoms with Gasteiger partial charge in [0.2, 0.25) is 0 Å². The molecule has 15 heteroatoms. The predicted octanol–water partition coefficient (Wildman–Crippen LogP) is 3.99. The Kier molecular flexibility index (Phi) is 8.06. The molecule has 3 saturated heterocycles. The van der Waals surface area contributed by atoms with Gasteiger partial charge in [0.15, 0.2) is 11.7 Å². The van der Waals surface area contributed by atoms with E-state index < -0.39 is 117 Å². The minimum Gasteiger partial charge on any atom is -0.472 e. The zero-order chi connectivity index (χ0) is 39.9. The van der Waals surface area contributed by atoms with Crippen LogP contribution in [0.4, 0.5) is 0 Å². The number of furan rings is 1. The summed E-state index contributed by atoms with van der Waals surface area (Å²) in [5, 5.41) is 14.1. The lowest BCUT2D eigenvalue weighted by molar-refractivity contribution is -0.486. The standard InChI is InChI=1S/C40H50O15/c1-10-21(4)30(45)52-31-34(7)18-38-36(19-49-27(43)15-24(34)36)37-13-12-33(6,28(50-22(5)41)23-11-14-48-17-23)25(16-26(42)47-9)40(37,55-35(8,53-37)54-38)32(39(31,38)46)51-29(44)20(2)3/h10-11,14,17,20,24-25,28,31-32,46H,12-13,15-16,18-19H2,1-9H3/b21-10+/t24-,25+,28-,31-,32+,33+,34-,35?,36-,37-,38+,39-,40+/m0/s1. The molecule has 3 aliphatic heterocycles. The number of allylic oxidation sites excluding steroid dienone is 1. The summed E-state index contributed by atoms with van der Waals surface area (Å²) in [5.41, 5.74) is -10.8. The van der Waals surface area contributed by atoms with E-state index in [0.29, 0.717) is 5.56 Å². The van der Waals surface area contributed by atoms with Crippen LogP contribution in [0.1, 0.15) is 99.2 Å². The summed E-state index contributed by atoms with van der Waals surface area (Å²) in [4.78, 5) is 68.3. The summed E-state index contributed by atoms with van der Waals surface area (Å²) in [6.45, 7) is 12.8. The van der Waals surface area contributed by atoms with Crippen LogP contribution in [0.2, 0.25) is 0 Å². The molecule has 4 heterocycles. The minimum atomic E-state index is -2.39. The van der Waals surface area contributed by atoms with Crippen molar-refractivity contribution in [3.05, 3.63) is 35.8 Å². The normalized spacial score (nSPS) is 46.4. The molecule has 3 spiro atoms. The highest BCUT2D eigenvalue weighted by Gasteiger charge is 3.05. The van der Waals surface area contributed by atoms with Gasteiger partial charge in [-0.05, 0) is 45.1 Å². The van der Waals surface area contributed by atoms with Gasteiger partial charge >= 0.3 is 29.8 Å². The molecule has 4 aliphatic carbocycles. The first-order valence-electron chi connectivity index (χ1n) is 19.0. The van der Waals surface area contributed by atoms with Crippen LogP contribution in [0.25, 0.3) is 0 Å². The second kappa shape index (κ2) is 11.6. The zero-order valence-corrected chi connectivity index (χ0v) is 32.7. The monoisotopic (exact) mass is 770 g/mol. The molecule has 1 aromatic rings. The molecular weight excluding hydrogens is 720 g/mol. The topological polar surface area (TPSA) is 193 Å². The van der Waals surface area contributed by atoms with Crippen LogP contribution in [0, 0.1) is 34.0 Å². The van der Waals surface area contributed by atoms with Crippen molar-refractivity contribution in [1.82, 2.24) is 0 Å². The summed E-state index contributed by atoms with van der Waals surface area (Å²) in [7, 11) is 1.24. The third kappa shape index (κ3) is 4.22. The van der Waals surface area contributed by atoms with E-state index in [2.05, 4.69) is 0 Å². The number of ether oxygens (including phenoxy) is 8. The van der Waals surface area contributed by atoms with Gasteiger partial charge in [0.05, 0.1) is 37.4 Å². The number of fused-ring (bicyclic) bond motifs is 3. The van der Waals surface area contributed by atoms with Crippen LogP contribution < -0.4 is 0 Å². The highest BCUT2D eigenvalue weighted by atomic mass is 16.9. The van der Waals surface area contributed by atoms with Crippen molar-refractivity contribution < 1.29 is 71.4 Å². The summed E-state index contributed by atoms with van der Waals surface area (Å²) < 4.78 is 57.4. The number of rotatable bonds is 9. The van der Waals surface area contributed by atoms with Gasteiger partial charge in [-0.2, -0.15) is 0 Å². The lowest BCUT2D eigenvalue weighted by atomic mass is 9.33. The molecule has 0 aromatic carbocycles. The Morgan fingerprint density at radius 1 is 1.02 bits per heavy atom. The van der Waals surface area contributed by atoms with E-state index in [9.17, 15) is 29.1 Å². The molecule has 300 valence electrons. The molecule has 13 atom stereocenters. The first-order chi connectivity index (χ1) is 25.7. The van der Waals surface area contributed by atoms with Crippen molar-refractivity contribution in [3.8, 4) is 0 Å². The fourth-order valence-electron chi connectivity index (χ4n) is 12.9. The Morgan fingerprint density at radius 2 is 1.73 bits per heavy atom. The fraction of sp³-hybridized carbons (Fsp3) is 0.725. The van der Waals surface area contributed by atoms with E-state index in [1.807, 2.05) is 13.8 Å². The molecule has 1 N–H and O–H groups in total. The molecule has 8 rings (SSSR count). The fourth-order valence-corrected chi connectivity index (χ4v) is 12.9. The smallest absolute Gasteiger partial charge is 0.333 e. The maximum absolute atomic E-state index is 14.2. The molecule has 55 heavy (non-hydrogen) atoms. The number of carbonyl (C=O) groups is 5. The van der Waals surface area contributed by atoms with Gasteiger partial charge in [-0.25, -0.2) is 4.79 Å². The lowest BCUT2D eigenvalue weighted by Crippen LogP contribution is -2.95. The van der Waals surface area contributed by atoms with Gasteiger partial charge in [0, 0.05) is 48.2 Å². The first kappa shape index (κ1) is 38.1. The minimum absolute atomic E-state index is 0.0601. The van der Waals surface area contributed by atoms with Crippen LogP contribution in [-0.4, -0.2) is 89.3 Å². The molecule has 0 radical (unpaired) electrons. The molecule has 0 amide bonds. The van der Waals surface area contributed by atoms with Gasteiger partial charge in [0.25, 0.3) is 5.97 Å². The van der Waals surface area contributed by atoms with E-state index in [1.165, 1.54) is 26.6 Å². The van der Waals surface area contributed by atoms with Crippen molar-refractivity contribution in [1.29, 1.82) is 0 Å². The Balaban J connectivity index is 1.48. The Bertz CT molecular complexity index is 1890. The maximum Gasteiger partial charge on any atom is 0.333 e. The molecule has 4 saturated carbocycles. The van der Waals surface area contributed by atoms with E-state index in [0.717, 1.165) is 0 Å². The number of hydrogen-bond acceptors (Lipinski definition) is 15. The molecule has 1 aromatic heterocycles. The van der Waals surface area contributed by atoms with Crippen LogP contribution in [0.3, 0.4) is 0 Å². The van der Waals surface area contributed by atoms with Crippen LogP contribution >= 0.6 is 0 Å². The lowest BCUT2D eigenvalue weighted by Gasteiger charge is -2.77. The number of carbonyl (C=O) groups excluding carboxylic acids is 5. The van der Waals surface area contributed by atoms with Crippen molar-refractivity contribution in [2.24, 2.45) is 34.0 Å². The predicted molar refractivity (Wildman–Crippen MR) is 184 cm³/mol. The summed E-state index contributed by atoms with van der Waals surface area (Å²) >= 11 is 0. The van der Waals surface area contributed by atoms with Crippen molar-refractivity contribution in [2.75, 3.05) is 13.7 Å². The third-order valence-electron chi connectivity index (χ3n) is 14.8. The number of cyclic esters (lactones) is 1. The van der Waals surface area contributed by atoms with Gasteiger partial charge in [-0.15, -0.1) is 0 Å². The number of methoxy groups -OCH3 is 1. The van der Waals surface area contributed by atoms with Crippen LogP contribution in [-0.2, 0) is 61.9 Å².